The molecule has 0 radical (unpaired) electrons. The molecule has 5 heteroatoms. The molecule has 0 saturated heterocycles. The summed E-state index contributed by atoms with van der Waals surface area (Å²) in [6.07, 6.45) is 4.84. The highest BCUT2D eigenvalue weighted by Gasteiger charge is 2.12. The maximum Gasteiger partial charge on any atom is 0.237 e. The number of methoxy groups -OCH3 is 1. The number of aromatic nitrogens is 1. The number of amides is 1. The molecule has 3 N–H and O–H groups in total. The summed E-state index contributed by atoms with van der Waals surface area (Å²) < 4.78 is 4.91. The lowest BCUT2D eigenvalue weighted by molar-refractivity contribution is -0.122. The van der Waals surface area contributed by atoms with E-state index in [1.54, 1.807) is 19.5 Å². The number of hydrogen-bond donors (Lipinski definition) is 2. The third-order valence-electron chi connectivity index (χ3n) is 2.39. The number of rotatable bonds is 7. The quantitative estimate of drug-likeness (QED) is 0.675. The van der Waals surface area contributed by atoms with Gasteiger partial charge in [-0.05, 0) is 24.5 Å². The molecule has 1 atom stereocenters. The molecule has 1 heterocycles. The molecular weight excluding hydrogens is 218 g/mol. The van der Waals surface area contributed by atoms with Gasteiger partial charge in [0.1, 0.15) is 0 Å². The fraction of sp³-hybridized carbons (Fsp3) is 0.500. The standard InChI is InChI=1S/C12H19N3O2/c1-17-7-3-5-11(13)12(16)15-9-10-4-2-6-14-8-10/h2,4,6,8,11H,3,5,7,9,13H2,1H3,(H,15,16). The van der Waals surface area contributed by atoms with Crippen LogP contribution in [0.25, 0.3) is 0 Å². The average molecular weight is 237 g/mol. The topological polar surface area (TPSA) is 77.2 Å². The van der Waals surface area contributed by atoms with Crippen LogP contribution in [0.4, 0.5) is 0 Å². The lowest BCUT2D eigenvalue weighted by Crippen LogP contribution is -2.40. The summed E-state index contributed by atoms with van der Waals surface area (Å²) in [5.74, 6) is -0.134. The first-order valence-corrected chi connectivity index (χ1v) is 5.65. The number of carbonyl (C=O) groups excluding carboxylic acids is 1. The van der Waals surface area contributed by atoms with E-state index >= 15 is 0 Å². The summed E-state index contributed by atoms with van der Waals surface area (Å²) in [4.78, 5) is 15.6. The highest BCUT2D eigenvalue weighted by molar-refractivity contribution is 5.81. The number of nitrogens with one attached hydrogen (secondary N) is 1. The van der Waals surface area contributed by atoms with Crippen molar-refractivity contribution >= 4 is 5.91 Å². The minimum absolute atomic E-state index is 0.134. The Bertz CT molecular complexity index is 330. The largest absolute Gasteiger partial charge is 0.385 e. The van der Waals surface area contributed by atoms with Gasteiger partial charge in [0.05, 0.1) is 6.04 Å². The van der Waals surface area contributed by atoms with Crippen molar-refractivity contribution in [3.05, 3.63) is 30.1 Å². The molecule has 0 spiro atoms. The summed E-state index contributed by atoms with van der Waals surface area (Å²) in [5.41, 5.74) is 6.70. The maximum absolute atomic E-state index is 11.6. The van der Waals surface area contributed by atoms with Gasteiger partial charge in [-0.3, -0.25) is 9.78 Å². The monoisotopic (exact) mass is 237 g/mol. The van der Waals surface area contributed by atoms with Crippen LogP contribution in [0.1, 0.15) is 18.4 Å². The maximum atomic E-state index is 11.6. The van der Waals surface area contributed by atoms with E-state index in [2.05, 4.69) is 10.3 Å². The van der Waals surface area contributed by atoms with Gasteiger partial charge >= 0.3 is 0 Å². The zero-order valence-electron chi connectivity index (χ0n) is 10.1. The zero-order valence-corrected chi connectivity index (χ0v) is 10.1. The van der Waals surface area contributed by atoms with E-state index in [9.17, 15) is 4.79 Å². The highest BCUT2D eigenvalue weighted by atomic mass is 16.5. The van der Waals surface area contributed by atoms with Crippen LogP contribution < -0.4 is 11.1 Å². The molecular formula is C12H19N3O2. The zero-order chi connectivity index (χ0) is 12.5. The minimum Gasteiger partial charge on any atom is -0.385 e. The van der Waals surface area contributed by atoms with Gasteiger partial charge in [-0.25, -0.2) is 0 Å². The summed E-state index contributed by atoms with van der Waals surface area (Å²) >= 11 is 0. The van der Waals surface area contributed by atoms with Crippen molar-refractivity contribution in [1.29, 1.82) is 0 Å². The molecule has 0 aromatic carbocycles. The number of hydrogen-bond acceptors (Lipinski definition) is 4. The number of ether oxygens (including phenoxy) is 1. The van der Waals surface area contributed by atoms with E-state index in [0.717, 1.165) is 12.0 Å². The van der Waals surface area contributed by atoms with Crippen LogP contribution >= 0.6 is 0 Å². The summed E-state index contributed by atoms with van der Waals surface area (Å²) in [5, 5.41) is 2.78. The average Bonchev–Trinajstić information content (AvgIpc) is 2.37. The molecule has 5 nitrogen and oxygen atoms in total. The predicted octanol–water partition coefficient (Wildman–Crippen LogP) is 0.452. The van der Waals surface area contributed by atoms with Crippen molar-refractivity contribution in [2.45, 2.75) is 25.4 Å². The summed E-state index contributed by atoms with van der Waals surface area (Å²) in [6.45, 7) is 1.09. The molecule has 1 aromatic rings. The van der Waals surface area contributed by atoms with Crippen LogP contribution in [0.15, 0.2) is 24.5 Å². The number of nitrogens with zero attached hydrogens (tertiary/aromatic N) is 1. The Morgan fingerprint density at radius 2 is 2.47 bits per heavy atom. The van der Waals surface area contributed by atoms with Crippen molar-refractivity contribution in [3.8, 4) is 0 Å². The first-order valence-electron chi connectivity index (χ1n) is 5.65. The van der Waals surface area contributed by atoms with Gasteiger partial charge in [-0.1, -0.05) is 6.07 Å². The minimum atomic E-state index is -0.471. The van der Waals surface area contributed by atoms with Crippen molar-refractivity contribution < 1.29 is 9.53 Å². The third kappa shape index (κ3) is 5.42. The van der Waals surface area contributed by atoms with Crippen LogP contribution in [-0.4, -0.2) is 30.6 Å². The molecule has 0 aliphatic rings. The van der Waals surface area contributed by atoms with E-state index in [0.29, 0.717) is 19.6 Å². The van der Waals surface area contributed by atoms with E-state index in [4.69, 9.17) is 10.5 Å². The molecule has 1 unspecified atom stereocenters. The van der Waals surface area contributed by atoms with Crippen molar-refractivity contribution in [3.63, 3.8) is 0 Å². The Hall–Kier alpha value is -1.46. The predicted molar refractivity (Wildman–Crippen MR) is 65.2 cm³/mol. The van der Waals surface area contributed by atoms with Crippen LogP contribution in [0.5, 0.6) is 0 Å². The second kappa shape index (κ2) is 7.76. The summed E-state index contributed by atoms with van der Waals surface area (Å²) in [6, 6.07) is 3.27. The first kappa shape index (κ1) is 13.6. The van der Waals surface area contributed by atoms with Gasteiger partial charge in [0.2, 0.25) is 5.91 Å². The molecule has 0 saturated carbocycles. The van der Waals surface area contributed by atoms with E-state index in [-0.39, 0.29) is 5.91 Å². The fourth-order valence-corrected chi connectivity index (χ4v) is 1.40. The number of pyridine rings is 1. The second-order valence-corrected chi connectivity index (χ2v) is 3.82. The molecule has 1 aromatic heterocycles. The van der Waals surface area contributed by atoms with Crippen LogP contribution in [0.3, 0.4) is 0 Å². The Morgan fingerprint density at radius 1 is 1.65 bits per heavy atom. The van der Waals surface area contributed by atoms with E-state index < -0.39 is 6.04 Å². The van der Waals surface area contributed by atoms with Crippen molar-refractivity contribution in [2.75, 3.05) is 13.7 Å². The van der Waals surface area contributed by atoms with Crippen LogP contribution in [-0.2, 0) is 16.1 Å². The molecule has 1 rings (SSSR count). The Labute approximate surface area is 101 Å². The van der Waals surface area contributed by atoms with Crippen molar-refractivity contribution in [1.82, 2.24) is 10.3 Å². The Balaban J connectivity index is 2.24. The third-order valence-corrected chi connectivity index (χ3v) is 2.39. The van der Waals surface area contributed by atoms with Gasteiger partial charge in [0.25, 0.3) is 0 Å². The molecule has 1 amide bonds. The van der Waals surface area contributed by atoms with Gasteiger partial charge in [-0.15, -0.1) is 0 Å². The van der Waals surface area contributed by atoms with E-state index in [1.165, 1.54) is 0 Å². The lowest BCUT2D eigenvalue weighted by Gasteiger charge is -2.11. The molecule has 0 bridgehead atoms. The van der Waals surface area contributed by atoms with Gasteiger partial charge in [0.15, 0.2) is 0 Å². The van der Waals surface area contributed by atoms with Crippen molar-refractivity contribution in [2.24, 2.45) is 5.73 Å². The second-order valence-electron chi connectivity index (χ2n) is 3.82. The Morgan fingerprint density at radius 3 is 3.12 bits per heavy atom. The molecule has 17 heavy (non-hydrogen) atoms. The fourth-order valence-electron chi connectivity index (χ4n) is 1.40. The molecule has 0 aliphatic heterocycles. The van der Waals surface area contributed by atoms with Crippen LogP contribution in [0, 0.1) is 0 Å². The van der Waals surface area contributed by atoms with Gasteiger partial charge < -0.3 is 15.8 Å². The molecule has 94 valence electrons. The highest BCUT2D eigenvalue weighted by Crippen LogP contribution is 1.98. The normalized spacial score (nSPS) is 12.1. The summed E-state index contributed by atoms with van der Waals surface area (Å²) in [7, 11) is 1.63. The van der Waals surface area contributed by atoms with Gasteiger partial charge in [0, 0.05) is 32.7 Å². The molecule has 0 fully saturated rings. The number of nitrogens with two attached hydrogens (primary N) is 1. The van der Waals surface area contributed by atoms with Crippen LogP contribution in [0.2, 0.25) is 0 Å². The SMILES string of the molecule is COCCCC(N)C(=O)NCc1cccnc1. The van der Waals surface area contributed by atoms with E-state index in [1.807, 2.05) is 12.1 Å². The smallest absolute Gasteiger partial charge is 0.237 e. The lowest BCUT2D eigenvalue weighted by atomic mass is 10.1. The van der Waals surface area contributed by atoms with Gasteiger partial charge in [-0.2, -0.15) is 0 Å². The first-order chi connectivity index (χ1) is 8.24. The Kier molecular flexibility index (Phi) is 6.21. The molecule has 0 aliphatic carbocycles. The number of carbonyl (C=O) groups is 1.